The van der Waals surface area contributed by atoms with Crippen molar-refractivity contribution >= 4 is 17.4 Å². The summed E-state index contributed by atoms with van der Waals surface area (Å²) in [5, 5.41) is 0. The van der Waals surface area contributed by atoms with Gasteiger partial charge in [-0.15, -0.1) is 0 Å². The Morgan fingerprint density at radius 1 is 1.36 bits per heavy atom. The third-order valence-corrected chi connectivity index (χ3v) is 4.12. The Morgan fingerprint density at radius 2 is 2.05 bits per heavy atom. The summed E-state index contributed by atoms with van der Waals surface area (Å²) in [5.41, 5.74) is 8.39. The van der Waals surface area contributed by atoms with Crippen LogP contribution in [0, 0.1) is 6.92 Å². The van der Waals surface area contributed by atoms with Crippen molar-refractivity contribution in [2.24, 2.45) is 5.73 Å². The van der Waals surface area contributed by atoms with Crippen LogP contribution in [0.5, 0.6) is 0 Å². The fourth-order valence-corrected chi connectivity index (χ4v) is 2.84. The predicted molar refractivity (Wildman–Crippen MR) is 84.9 cm³/mol. The average molecular weight is 302 g/mol. The topological polar surface area (TPSA) is 72.6 Å². The summed E-state index contributed by atoms with van der Waals surface area (Å²) < 4.78 is 5.26. The van der Waals surface area contributed by atoms with E-state index in [0.717, 1.165) is 16.7 Å². The molecule has 0 unspecified atom stereocenters. The van der Waals surface area contributed by atoms with Gasteiger partial charge in [0.2, 0.25) is 11.8 Å². The lowest BCUT2D eigenvalue weighted by atomic mass is 10.0. The molecule has 5 nitrogen and oxygen atoms in total. The summed E-state index contributed by atoms with van der Waals surface area (Å²) in [4.78, 5) is 25.5. The van der Waals surface area contributed by atoms with Crippen molar-refractivity contribution in [3.63, 3.8) is 0 Å². The molecule has 2 N–H and O–H groups in total. The number of nitrogens with zero attached hydrogens (tertiary/aromatic N) is 1. The molecule has 2 amide bonds. The molecule has 0 bridgehead atoms. The van der Waals surface area contributed by atoms with Gasteiger partial charge in [0.1, 0.15) is 6.04 Å². The van der Waals surface area contributed by atoms with Crippen molar-refractivity contribution in [3.8, 4) is 0 Å². The Labute approximate surface area is 130 Å². The van der Waals surface area contributed by atoms with Crippen molar-refractivity contribution in [3.05, 3.63) is 41.5 Å². The Kier molecular flexibility index (Phi) is 4.98. The third-order valence-electron chi connectivity index (χ3n) is 4.12. The highest BCUT2D eigenvalue weighted by atomic mass is 16.5. The van der Waals surface area contributed by atoms with Crippen LogP contribution in [0.15, 0.2) is 30.3 Å². The van der Waals surface area contributed by atoms with E-state index in [0.29, 0.717) is 13.0 Å². The number of aryl methyl sites for hydroxylation is 1. The Balaban J connectivity index is 2.22. The van der Waals surface area contributed by atoms with Gasteiger partial charge >= 0.3 is 0 Å². The number of rotatable bonds is 4. The maximum Gasteiger partial charge on any atom is 0.247 e. The van der Waals surface area contributed by atoms with Gasteiger partial charge in [0, 0.05) is 26.2 Å². The minimum atomic E-state index is -0.599. The van der Waals surface area contributed by atoms with Gasteiger partial charge in [0.05, 0.1) is 6.10 Å². The SMILES string of the molecule is CO[C@H]1C[C@@H](C(N)=O)N(C(=O)/C=C(\C)c2ccccc2C)C1. The van der Waals surface area contributed by atoms with Gasteiger partial charge in [-0.1, -0.05) is 24.3 Å². The Bertz CT molecular complexity index is 610. The summed E-state index contributed by atoms with van der Waals surface area (Å²) in [5.74, 6) is -0.695. The number of amides is 2. The number of carbonyl (C=O) groups excluding carboxylic acids is 2. The molecule has 1 aliphatic rings. The van der Waals surface area contributed by atoms with Crippen LogP contribution in [0.4, 0.5) is 0 Å². The van der Waals surface area contributed by atoms with Crippen molar-refractivity contribution in [2.75, 3.05) is 13.7 Å². The summed E-state index contributed by atoms with van der Waals surface area (Å²) in [7, 11) is 1.57. The monoisotopic (exact) mass is 302 g/mol. The van der Waals surface area contributed by atoms with E-state index in [1.807, 2.05) is 38.1 Å². The molecule has 0 aromatic heterocycles. The van der Waals surface area contributed by atoms with Gasteiger partial charge in [-0.2, -0.15) is 0 Å². The van der Waals surface area contributed by atoms with E-state index in [-0.39, 0.29) is 12.0 Å². The number of primary amides is 1. The Hall–Kier alpha value is -2.14. The first kappa shape index (κ1) is 16.2. The lowest BCUT2D eigenvalue weighted by molar-refractivity contribution is -0.133. The molecule has 1 heterocycles. The number of nitrogens with two attached hydrogens (primary N) is 1. The van der Waals surface area contributed by atoms with Crippen LogP contribution in [0.3, 0.4) is 0 Å². The molecule has 2 atom stereocenters. The normalized spacial score (nSPS) is 22.0. The maximum absolute atomic E-state index is 12.5. The second-order valence-corrected chi connectivity index (χ2v) is 5.64. The summed E-state index contributed by atoms with van der Waals surface area (Å²) >= 11 is 0. The van der Waals surface area contributed by atoms with E-state index in [1.54, 1.807) is 13.2 Å². The number of ether oxygens (including phenoxy) is 1. The fraction of sp³-hybridized carbons (Fsp3) is 0.412. The summed E-state index contributed by atoms with van der Waals surface area (Å²) in [6, 6.07) is 7.27. The molecule has 1 aromatic carbocycles. The number of allylic oxidation sites excluding steroid dienone is 1. The highest BCUT2D eigenvalue weighted by molar-refractivity contribution is 5.98. The van der Waals surface area contributed by atoms with Gasteiger partial charge < -0.3 is 15.4 Å². The number of likely N-dealkylation sites (tertiary alicyclic amines) is 1. The lowest BCUT2D eigenvalue weighted by Gasteiger charge is -2.20. The molecule has 2 rings (SSSR count). The minimum absolute atomic E-state index is 0.145. The first-order valence-corrected chi connectivity index (χ1v) is 7.31. The molecule has 1 fully saturated rings. The minimum Gasteiger partial charge on any atom is -0.380 e. The van der Waals surface area contributed by atoms with Gasteiger partial charge in [-0.05, 0) is 30.5 Å². The highest BCUT2D eigenvalue weighted by Crippen LogP contribution is 2.23. The molecule has 1 aromatic rings. The molecule has 118 valence electrons. The van der Waals surface area contributed by atoms with Crippen LogP contribution < -0.4 is 5.73 Å². The molecular formula is C17H22N2O3. The zero-order valence-electron chi connectivity index (χ0n) is 13.2. The molecule has 5 heteroatoms. The lowest BCUT2D eigenvalue weighted by Crippen LogP contribution is -2.43. The Morgan fingerprint density at radius 3 is 2.64 bits per heavy atom. The quantitative estimate of drug-likeness (QED) is 0.857. The average Bonchev–Trinajstić information content (AvgIpc) is 2.92. The standard InChI is InChI=1S/C17H22N2O3/c1-11-6-4-5-7-14(11)12(2)8-16(20)19-10-13(22-3)9-15(19)17(18)21/h4-8,13,15H,9-10H2,1-3H3,(H2,18,21)/b12-8+/t13-,15-/m0/s1. The zero-order chi connectivity index (χ0) is 16.3. The smallest absolute Gasteiger partial charge is 0.247 e. The number of hydrogen-bond donors (Lipinski definition) is 1. The van der Waals surface area contributed by atoms with Crippen LogP contribution in [-0.4, -0.2) is 42.5 Å². The molecule has 0 saturated carbocycles. The van der Waals surface area contributed by atoms with Crippen molar-refractivity contribution in [2.45, 2.75) is 32.4 Å². The van der Waals surface area contributed by atoms with E-state index >= 15 is 0 Å². The molecular weight excluding hydrogens is 280 g/mol. The summed E-state index contributed by atoms with van der Waals surface area (Å²) in [6.45, 7) is 4.28. The number of benzene rings is 1. The van der Waals surface area contributed by atoms with Crippen LogP contribution >= 0.6 is 0 Å². The molecule has 1 saturated heterocycles. The van der Waals surface area contributed by atoms with E-state index < -0.39 is 11.9 Å². The summed E-state index contributed by atoms with van der Waals surface area (Å²) in [6.07, 6.45) is 1.87. The van der Waals surface area contributed by atoms with Crippen molar-refractivity contribution in [1.29, 1.82) is 0 Å². The van der Waals surface area contributed by atoms with Crippen LogP contribution in [-0.2, 0) is 14.3 Å². The van der Waals surface area contributed by atoms with Crippen LogP contribution in [0.1, 0.15) is 24.5 Å². The number of hydrogen-bond acceptors (Lipinski definition) is 3. The van der Waals surface area contributed by atoms with E-state index in [1.165, 1.54) is 4.90 Å². The van der Waals surface area contributed by atoms with E-state index in [4.69, 9.17) is 10.5 Å². The number of methoxy groups -OCH3 is 1. The fourth-order valence-electron chi connectivity index (χ4n) is 2.84. The first-order chi connectivity index (χ1) is 10.4. The molecule has 0 spiro atoms. The van der Waals surface area contributed by atoms with Crippen LogP contribution in [0.25, 0.3) is 5.57 Å². The maximum atomic E-state index is 12.5. The third kappa shape index (κ3) is 3.36. The van der Waals surface area contributed by atoms with Gasteiger partial charge in [0.25, 0.3) is 0 Å². The second kappa shape index (κ2) is 6.75. The first-order valence-electron chi connectivity index (χ1n) is 7.31. The van der Waals surface area contributed by atoms with E-state index in [2.05, 4.69) is 0 Å². The zero-order valence-corrected chi connectivity index (χ0v) is 13.2. The number of carbonyl (C=O) groups is 2. The van der Waals surface area contributed by atoms with Gasteiger partial charge in [0.15, 0.2) is 0 Å². The van der Waals surface area contributed by atoms with Crippen molar-refractivity contribution in [1.82, 2.24) is 4.90 Å². The highest BCUT2D eigenvalue weighted by Gasteiger charge is 2.37. The molecule has 22 heavy (non-hydrogen) atoms. The van der Waals surface area contributed by atoms with Gasteiger partial charge in [-0.25, -0.2) is 0 Å². The van der Waals surface area contributed by atoms with Crippen molar-refractivity contribution < 1.29 is 14.3 Å². The molecule has 0 radical (unpaired) electrons. The van der Waals surface area contributed by atoms with Crippen LogP contribution in [0.2, 0.25) is 0 Å². The largest absolute Gasteiger partial charge is 0.380 e. The predicted octanol–water partition coefficient (Wildman–Crippen LogP) is 1.50. The molecule has 0 aliphatic carbocycles. The molecule has 1 aliphatic heterocycles. The second-order valence-electron chi connectivity index (χ2n) is 5.64. The van der Waals surface area contributed by atoms with Gasteiger partial charge in [-0.3, -0.25) is 9.59 Å². The van der Waals surface area contributed by atoms with E-state index in [9.17, 15) is 9.59 Å².